The molecule has 0 amide bonds. The first-order valence-corrected chi connectivity index (χ1v) is 12.1. The van der Waals surface area contributed by atoms with Gasteiger partial charge in [-0.25, -0.2) is 0 Å². The molecule has 1 aromatic rings. The summed E-state index contributed by atoms with van der Waals surface area (Å²) >= 11 is 0. The third kappa shape index (κ3) is 9.01. The Labute approximate surface area is 165 Å². The maximum atomic E-state index is 12.3. The fraction of sp³-hybridized carbons (Fsp3) is 0.667. The van der Waals surface area contributed by atoms with Crippen LogP contribution >= 0.6 is 0 Å². The van der Waals surface area contributed by atoms with E-state index in [1.807, 2.05) is 37.3 Å². The average molecular weight is 397 g/mol. The second kappa shape index (κ2) is 13.9. The van der Waals surface area contributed by atoms with Gasteiger partial charge in [-0.05, 0) is 38.2 Å². The van der Waals surface area contributed by atoms with E-state index in [2.05, 4.69) is 20.8 Å². The Morgan fingerprint density at radius 2 is 1.41 bits per heavy atom. The SMILES string of the molecule is CCCO[Si](CCCOC(=O)C(C)c1ccccc1)(OCCC)OCCC. The second-order valence-electron chi connectivity index (χ2n) is 6.63. The lowest BCUT2D eigenvalue weighted by Gasteiger charge is -2.29. The summed E-state index contributed by atoms with van der Waals surface area (Å²) in [6.45, 7) is 10.3. The van der Waals surface area contributed by atoms with Gasteiger partial charge in [0.2, 0.25) is 0 Å². The molecule has 1 rings (SSSR count). The van der Waals surface area contributed by atoms with Gasteiger partial charge in [0.05, 0.1) is 12.5 Å². The molecule has 0 N–H and O–H groups in total. The van der Waals surface area contributed by atoms with Crippen LogP contribution in [0.4, 0.5) is 0 Å². The fourth-order valence-corrected chi connectivity index (χ4v) is 5.38. The van der Waals surface area contributed by atoms with Gasteiger partial charge in [-0.2, -0.15) is 0 Å². The third-order valence-corrected chi connectivity index (χ3v) is 7.00. The molecule has 1 atom stereocenters. The van der Waals surface area contributed by atoms with Crippen molar-refractivity contribution >= 4 is 14.8 Å². The van der Waals surface area contributed by atoms with Crippen molar-refractivity contribution in [3.63, 3.8) is 0 Å². The molecule has 6 heteroatoms. The van der Waals surface area contributed by atoms with Gasteiger partial charge in [0.25, 0.3) is 0 Å². The molecule has 0 spiro atoms. The van der Waals surface area contributed by atoms with E-state index in [0.717, 1.165) is 24.8 Å². The zero-order valence-electron chi connectivity index (χ0n) is 17.4. The Kier molecular flexibility index (Phi) is 12.2. The number of carbonyl (C=O) groups is 1. The highest BCUT2D eigenvalue weighted by atomic mass is 28.4. The molecule has 0 radical (unpaired) electrons. The molecule has 0 aliphatic carbocycles. The predicted molar refractivity (Wildman–Crippen MR) is 110 cm³/mol. The number of hydrogen-bond donors (Lipinski definition) is 0. The van der Waals surface area contributed by atoms with Crippen molar-refractivity contribution in [3.8, 4) is 0 Å². The van der Waals surface area contributed by atoms with Crippen molar-refractivity contribution in [1.82, 2.24) is 0 Å². The van der Waals surface area contributed by atoms with E-state index >= 15 is 0 Å². The molecule has 0 aliphatic heterocycles. The minimum atomic E-state index is -2.71. The van der Waals surface area contributed by atoms with Gasteiger partial charge in [-0.1, -0.05) is 51.1 Å². The Balaban J connectivity index is 2.53. The first-order valence-electron chi connectivity index (χ1n) is 10.2. The van der Waals surface area contributed by atoms with Gasteiger partial charge in [0, 0.05) is 25.9 Å². The van der Waals surface area contributed by atoms with Gasteiger partial charge < -0.3 is 18.0 Å². The van der Waals surface area contributed by atoms with Gasteiger partial charge in [0.1, 0.15) is 0 Å². The highest BCUT2D eigenvalue weighted by Gasteiger charge is 2.40. The van der Waals surface area contributed by atoms with Crippen LogP contribution in [0.5, 0.6) is 0 Å². The largest absolute Gasteiger partial charge is 0.501 e. The average Bonchev–Trinajstić information content (AvgIpc) is 2.71. The molecule has 154 valence electrons. The van der Waals surface area contributed by atoms with E-state index in [9.17, 15) is 4.79 Å². The maximum Gasteiger partial charge on any atom is 0.501 e. The summed E-state index contributed by atoms with van der Waals surface area (Å²) in [6.07, 6.45) is 3.44. The number of rotatable bonds is 15. The number of esters is 1. The number of benzene rings is 1. The Bertz CT molecular complexity index is 487. The molecule has 0 saturated heterocycles. The van der Waals surface area contributed by atoms with Gasteiger partial charge in [-0.15, -0.1) is 0 Å². The van der Waals surface area contributed by atoms with Crippen LogP contribution < -0.4 is 0 Å². The van der Waals surface area contributed by atoms with Crippen LogP contribution in [0.3, 0.4) is 0 Å². The Morgan fingerprint density at radius 1 is 0.889 bits per heavy atom. The number of hydrogen-bond acceptors (Lipinski definition) is 5. The monoisotopic (exact) mass is 396 g/mol. The van der Waals surface area contributed by atoms with Crippen LogP contribution in [0.15, 0.2) is 30.3 Å². The minimum Gasteiger partial charge on any atom is -0.465 e. The molecule has 0 fully saturated rings. The summed E-state index contributed by atoms with van der Waals surface area (Å²) in [4.78, 5) is 12.3. The highest BCUT2D eigenvalue weighted by molar-refractivity contribution is 6.60. The van der Waals surface area contributed by atoms with E-state index in [1.54, 1.807) is 0 Å². The number of ether oxygens (including phenoxy) is 1. The molecule has 0 aliphatic rings. The van der Waals surface area contributed by atoms with Crippen molar-refractivity contribution < 1.29 is 22.8 Å². The van der Waals surface area contributed by atoms with Crippen molar-refractivity contribution in [2.75, 3.05) is 26.4 Å². The Hall–Kier alpha value is -1.21. The Morgan fingerprint density at radius 3 is 1.89 bits per heavy atom. The lowest BCUT2D eigenvalue weighted by atomic mass is 10.0. The topological polar surface area (TPSA) is 54.0 Å². The summed E-state index contributed by atoms with van der Waals surface area (Å²) in [6, 6.07) is 10.4. The smallest absolute Gasteiger partial charge is 0.465 e. The summed E-state index contributed by atoms with van der Waals surface area (Å²) in [7, 11) is -2.71. The normalized spacial score (nSPS) is 12.7. The maximum absolute atomic E-state index is 12.3. The quantitative estimate of drug-likeness (QED) is 0.239. The van der Waals surface area contributed by atoms with Gasteiger partial charge in [0.15, 0.2) is 0 Å². The molecule has 1 unspecified atom stereocenters. The van der Waals surface area contributed by atoms with Crippen molar-refractivity contribution in [2.45, 2.75) is 65.3 Å². The number of carbonyl (C=O) groups excluding carboxylic acids is 1. The van der Waals surface area contributed by atoms with E-state index in [-0.39, 0.29) is 11.9 Å². The third-order valence-electron chi connectivity index (χ3n) is 4.10. The zero-order chi connectivity index (χ0) is 20.0. The zero-order valence-corrected chi connectivity index (χ0v) is 18.4. The molecular formula is C21H36O5Si. The lowest BCUT2D eigenvalue weighted by molar-refractivity contribution is -0.145. The predicted octanol–water partition coefficient (Wildman–Crippen LogP) is 4.94. The first-order chi connectivity index (χ1) is 13.1. The lowest BCUT2D eigenvalue weighted by Crippen LogP contribution is -2.46. The van der Waals surface area contributed by atoms with Crippen LogP contribution in [0, 0.1) is 0 Å². The van der Waals surface area contributed by atoms with Crippen molar-refractivity contribution in [3.05, 3.63) is 35.9 Å². The van der Waals surface area contributed by atoms with Gasteiger partial charge >= 0.3 is 14.8 Å². The van der Waals surface area contributed by atoms with Crippen LogP contribution in [-0.2, 0) is 22.8 Å². The summed E-state index contributed by atoms with van der Waals surface area (Å²) < 4.78 is 23.7. The van der Waals surface area contributed by atoms with Crippen LogP contribution in [-0.4, -0.2) is 41.2 Å². The molecule has 0 saturated carbocycles. The molecule has 27 heavy (non-hydrogen) atoms. The van der Waals surface area contributed by atoms with Crippen molar-refractivity contribution in [2.24, 2.45) is 0 Å². The van der Waals surface area contributed by atoms with E-state index in [0.29, 0.717) is 38.9 Å². The molecule has 0 aromatic heterocycles. The highest BCUT2D eigenvalue weighted by Crippen LogP contribution is 2.21. The first kappa shape index (κ1) is 23.8. The molecule has 0 heterocycles. The van der Waals surface area contributed by atoms with Crippen LogP contribution in [0.25, 0.3) is 0 Å². The van der Waals surface area contributed by atoms with Crippen LogP contribution in [0.1, 0.15) is 64.9 Å². The van der Waals surface area contributed by atoms with Gasteiger partial charge in [-0.3, -0.25) is 4.79 Å². The fourth-order valence-electron chi connectivity index (χ4n) is 2.58. The summed E-state index contributed by atoms with van der Waals surface area (Å²) in [5.74, 6) is -0.468. The second-order valence-corrected chi connectivity index (χ2v) is 9.36. The summed E-state index contributed by atoms with van der Waals surface area (Å²) in [5, 5.41) is 0. The van der Waals surface area contributed by atoms with E-state index < -0.39 is 8.80 Å². The minimum absolute atomic E-state index is 0.202. The summed E-state index contributed by atoms with van der Waals surface area (Å²) in [5.41, 5.74) is 0.968. The van der Waals surface area contributed by atoms with E-state index in [1.165, 1.54) is 0 Å². The van der Waals surface area contributed by atoms with E-state index in [4.69, 9.17) is 18.0 Å². The molecule has 5 nitrogen and oxygen atoms in total. The molecule has 0 bridgehead atoms. The molecule has 1 aromatic carbocycles. The van der Waals surface area contributed by atoms with Crippen molar-refractivity contribution in [1.29, 1.82) is 0 Å². The standard InChI is InChI=1S/C21H36O5Si/c1-5-14-24-27(25-15-6-2,26-16-7-3)18-11-17-23-21(22)19(4)20-12-9-8-10-13-20/h8-10,12-13,19H,5-7,11,14-18H2,1-4H3. The molecular weight excluding hydrogens is 360 g/mol. The van der Waals surface area contributed by atoms with Crippen LogP contribution in [0.2, 0.25) is 6.04 Å².